The molecule has 0 radical (unpaired) electrons. The summed E-state index contributed by atoms with van der Waals surface area (Å²) in [5, 5.41) is 31.3. The molecule has 8 heteroatoms. The number of ether oxygens (including phenoxy) is 3. The summed E-state index contributed by atoms with van der Waals surface area (Å²) in [6, 6.07) is 8.18. The Morgan fingerprint density at radius 2 is 1.88 bits per heavy atom. The Labute approximate surface area is 205 Å². The van der Waals surface area contributed by atoms with E-state index in [1.165, 1.54) is 18.9 Å². The molecular formula is C26H46N2O6. The minimum absolute atomic E-state index is 0.266. The van der Waals surface area contributed by atoms with Gasteiger partial charge >= 0.3 is 0 Å². The minimum Gasteiger partial charge on any atom is -0.492 e. The lowest BCUT2D eigenvalue weighted by atomic mass is 10.0. The van der Waals surface area contributed by atoms with E-state index in [-0.39, 0.29) is 6.61 Å². The smallest absolute Gasteiger partial charge is 0.277 e. The van der Waals surface area contributed by atoms with Crippen LogP contribution in [0.5, 0.6) is 5.75 Å². The number of aliphatic hydroxyl groups is 3. The number of hydrogen-bond acceptors (Lipinski definition) is 8. The average molecular weight is 483 g/mol. The van der Waals surface area contributed by atoms with Crippen LogP contribution in [0.1, 0.15) is 64.4 Å². The third-order valence-corrected chi connectivity index (χ3v) is 6.21. The Bertz CT molecular complexity index is 657. The first-order valence-corrected chi connectivity index (χ1v) is 12.9. The van der Waals surface area contributed by atoms with Crippen molar-refractivity contribution >= 4 is 0 Å². The fourth-order valence-electron chi connectivity index (χ4n) is 4.17. The molecule has 5 N–H and O–H groups in total. The van der Waals surface area contributed by atoms with Gasteiger partial charge in [0.15, 0.2) is 0 Å². The summed E-state index contributed by atoms with van der Waals surface area (Å²) in [6.45, 7) is 6.82. The maximum absolute atomic E-state index is 10.7. The van der Waals surface area contributed by atoms with Gasteiger partial charge in [0.1, 0.15) is 18.5 Å². The molecule has 2 unspecified atom stereocenters. The molecule has 0 spiro atoms. The van der Waals surface area contributed by atoms with E-state index in [2.05, 4.69) is 24.0 Å². The number of nitrogens with two attached hydrogens (primary N) is 1. The van der Waals surface area contributed by atoms with Crippen LogP contribution in [0, 0.1) is 0 Å². The van der Waals surface area contributed by atoms with Crippen molar-refractivity contribution in [1.29, 1.82) is 0 Å². The summed E-state index contributed by atoms with van der Waals surface area (Å²) in [4.78, 5) is 2.13. The van der Waals surface area contributed by atoms with Gasteiger partial charge < -0.3 is 35.3 Å². The Kier molecular flexibility index (Phi) is 13.4. The molecule has 1 aliphatic heterocycles. The summed E-state index contributed by atoms with van der Waals surface area (Å²) in [7, 11) is 0. The van der Waals surface area contributed by atoms with Crippen LogP contribution in [-0.4, -0.2) is 83.9 Å². The van der Waals surface area contributed by atoms with E-state index in [0.717, 1.165) is 57.4 Å². The highest BCUT2D eigenvalue weighted by Gasteiger charge is 2.38. The van der Waals surface area contributed by atoms with E-state index in [9.17, 15) is 15.3 Å². The van der Waals surface area contributed by atoms with Crippen molar-refractivity contribution in [2.45, 2.75) is 89.5 Å². The van der Waals surface area contributed by atoms with Gasteiger partial charge in [-0.15, -0.1) is 0 Å². The molecule has 1 heterocycles. The van der Waals surface area contributed by atoms with Gasteiger partial charge in [-0.25, -0.2) is 0 Å². The number of aryl methyl sites for hydroxylation is 1. The summed E-state index contributed by atoms with van der Waals surface area (Å²) < 4.78 is 16.5. The lowest BCUT2D eigenvalue weighted by Crippen LogP contribution is -2.52. The highest BCUT2D eigenvalue weighted by atomic mass is 16.8. The van der Waals surface area contributed by atoms with E-state index in [0.29, 0.717) is 26.1 Å². The molecule has 1 aromatic carbocycles. The predicted octanol–water partition coefficient (Wildman–Crippen LogP) is 2.42. The number of benzene rings is 1. The third kappa shape index (κ3) is 11.0. The van der Waals surface area contributed by atoms with Crippen molar-refractivity contribution in [1.82, 2.24) is 4.90 Å². The van der Waals surface area contributed by atoms with Gasteiger partial charge in [-0.2, -0.15) is 0 Å². The van der Waals surface area contributed by atoms with E-state index in [1.807, 2.05) is 12.1 Å². The highest BCUT2D eigenvalue weighted by molar-refractivity contribution is 5.27. The second-order valence-electron chi connectivity index (χ2n) is 9.35. The first-order chi connectivity index (χ1) is 16.3. The number of hydrogen-bond donors (Lipinski definition) is 4. The molecule has 0 amide bonds. The topological polar surface area (TPSA) is 118 Å². The van der Waals surface area contributed by atoms with Crippen molar-refractivity contribution in [2.24, 2.45) is 5.73 Å². The molecule has 0 saturated carbocycles. The second kappa shape index (κ2) is 15.7. The van der Waals surface area contributed by atoms with Crippen LogP contribution in [-0.2, 0) is 15.9 Å². The predicted molar refractivity (Wildman–Crippen MR) is 133 cm³/mol. The molecule has 1 aliphatic rings. The van der Waals surface area contributed by atoms with Crippen molar-refractivity contribution in [3.05, 3.63) is 29.8 Å². The number of rotatable bonds is 17. The van der Waals surface area contributed by atoms with Crippen LogP contribution < -0.4 is 10.5 Å². The zero-order valence-corrected chi connectivity index (χ0v) is 21.0. The molecule has 1 aromatic rings. The van der Waals surface area contributed by atoms with Gasteiger partial charge in [-0.05, 0) is 56.5 Å². The quantitative estimate of drug-likeness (QED) is 0.250. The average Bonchev–Trinajstić information content (AvgIpc) is 2.81. The molecule has 196 valence electrons. The van der Waals surface area contributed by atoms with E-state index in [4.69, 9.17) is 19.9 Å². The standard InChI is InChI=1S/C26H46N2O6/c1-3-4-5-8-16-28(20-23(29)25(30)24-14-18-33-26(2,31)34-24)17-19-32-22-12-10-21(11-13-22)9-6-7-15-27/h10-13,23-25,29-31H,3-9,14-20,27H2,1-2H3/t23-,24+,25?,26?/m0/s1. The molecule has 4 atom stereocenters. The van der Waals surface area contributed by atoms with Crippen LogP contribution in [0.25, 0.3) is 0 Å². The zero-order valence-electron chi connectivity index (χ0n) is 21.0. The van der Waals surface area contributed by atoms with Gasteiger partial charge in [-0.1, -0.05) is 38.3 Å². The number of nitrogens with zero attached hydrogens (tertiary/aromatic N) is 1. The molecule has 0 aliphatic carbocycles. The highest BCUT2D eigenvalue weighted by Crippen LogP contribution is 2.23. The van der Waals surface area contributed by atoms with Gasteiger partial charge in [-0.3, -0.25) is 4.90 Å². The van der Waals surface area contributed by atoms with Gasteiger partial charge in [0, 0.05) is 26.4 Å². The molecule has 0 aromatic heterocycles. The SMILES string of the molecule is CCCCCCN(CCOc1ccc(CCCCN)cc1)C[C@H](O)C(O)[C@H]1CCOC(C)(O)O1. The van der Waals surface area contributed by atoms with Gasteiger partial charge in [0.25, 0.3) is 5.97 Å². The molecule has 1 fully saturated rings. The van der Waals surface area contributed by atoms with Crippen LogP contribution in [0.3, 0.4) is 0 Å². The molecule has 34 heavy (non-hydrogen) atoms. The largest absolute Gasteiger partial charge is 0.492 e. The molecule has 0 bridgehead atoms. The lowest BCUT2D eigenvalue weighted by molar-refractivity contribution is -0.398. The molecule has 2 rings (SSSR count). The molecule has 8 nitrogen and oxygen atoms in total. The van der Waals surface area contributed by atoms with E-state index >= 15 is 0 Å². The first-order valence-electron chi connectivity index (χ1n) is 12.9. The molecular weight excluding hydrogens is 436 g/mol. The van der Waals surface area contributed by atoms with E-state index < -0.39 is 24.3 Å². The van der Waals surface area contributed by atoms with Crippen LogP contribution >= 0.6 is 0 Å². The van der Waals surface area contributed by atoms with Crippen LogP contribution in [0.2, 0.25) is 0 Å². The number of aliphatic hydroxyl groups excluding tert-OH is 2. The maximum Gasteiger partial charge on any atom is 0.277 e. The normalized spacial score (nSPS) is 22.6. The monoisotopic (exact) mass is 482 g/mol. The van der Waals surface area contributed by atoms with Gasteiger partial charge in [0.2, 0.25) is 0 Å². The summed E-state index contributed by atoms with van der Waals surface area (Å²) >= 11 is 0. The molecule has 1 saturated heterocycles. The fourth-order valence-corrected chi connectivity index (χ4v) is 4.17. The lowest BCUT2D eigenvalue weighted by Gasteiger charge is -2.38. The van der Waals surface area contributed by atoms with E-state index in [1.54, 1.807) is 0 Å². The zero-order chi connectivity index (χ0) is 24.8. The van der Waals surface area contributed by atoms with Crippen molar-refractivity contribution in [2.75, 3.05) is 39.4 Å². The van der Waals surface area contributed by atoms with Gasteiger partial charge in [0.05, 0.1) is 18.8 Å². The third-order valence-electron chi connectivity index (χ3n) is 6.21. The Morgan fingerprint density at radius 3 is 2.56 bits per heavy atom. The Balaban J connectivity index is 1.83. The minimum atomic E-state index is -1.74. The summed E-state index contributed by atoms with van der Waals surface area (Å²) in [6.07, 6.45) is 5.26. The second-order valence-corrected chi connectivity index (χ2v) is 9.35. The van der Waals surface area contributed by atoms with Crippen molar-refractivity contribution in [3.8, 4) is 5.75 Å². The van der Waals surface area contributed by atoms with Crippen molar-refractivity contribution in [3.63, 3.8) is 0 Å². The van der Waals surface area contributed by atoms with Crippen LogP contribution in [0.4, 0.5) is 0 Å². The maximum atomic E-state index is 10.7. The Hall–Kier alpha value is -1.26. The van der Waals surface area contributed by atoms with Crippen LogP contribution in [0.15, 0.2) is 24.3 Å². The summed E-state index contributed by atoms with van der Waals surface area (Å²) in [5.74, 6) is -0.913. The van der Waals surface area contributed by atoms with Crippen molar-refractivity contribution < 1.29 is 29.5 Å². The first kappa shape index (κ1) is 29.0. The summed E-state index contributed by atoms with van der Waals surface area (Å²) in [5.41, 5.74) is 6.84. The fraction of sp³-hybridized carbons (Fsp3) is 0.769. The number of unbranched alkanes of at least 4 members (excludes halogenated alkanes) is 4. The Morgan fingerprint density at radius 1 is 1.12 bits per heavy atom.